The molecule has 7 heteroatoms. The van der Waals surface area contributed by atoms with Gasteiger partial charge in [-0.2, -0.15) is 0 Å². The van der Waals surface area contributed by atoms with Gasteiger partial charge in [-0.1, -0.05) is 26.7 Å². The molecular formula is C16H28O7. The number of hydrogen-bond donors (Lipinski definition) is 2. The fourth-order valence-electron chi connectivity index (χ4n) is 2.26. The molecule has 0 amide bonds. The Bertz CT molecular complexity index is 417. The predicted octanol–water partition coefficient (Wildman–Crippen LogP) is 2.61. The Morgan fingerprint density at radius 2 is 1.61 bits per heavy atom. The van der Waals surface area contributed by atoms with Gasteiger partial charge in [-0.15, -0.1) is 0 Å². The lowest BCUT2D eigenvalue weighted by molar-refractivity contribution is -0.183. The van der Waals surface area contributed by atoms with Crippen molar-refractivity contribution in [3.63, 3.8) is 0 Å². The molecular weight excluding hydrogens is 304 g/mol. The number of aliphatic carboxylic acids is 2. The summed E-state index contributed by atoms with van der Waals surface area (Å²) in [4.78, 5) is 34.7. The Morgan fingerprint density at radius 1 is 1.00 bits per heavy atom. The van der Waals surface area contributed by atoms with Gasteiger partial charge >= 0.3 is 17.9 Å². The van der Waals surface area contributed by atoms with Crippen molar-refractivity contribution in [1.29, 1.82) is 0 Å². The third-order valence-electron chi connectivity index (χ3n) is 3.37. The molecule has 0 saturated carbocycles. The minimum absolute atomic E-state index is 0.0711. The van der Waals surface area contributed by atoms with Gasteiger partial charge in [0.15, 0.2) is 5.60 Å². The van der Waals surface area contributed by atoms with Crippen LogP contribution in [0.1, 0.15) is 66.2 Å². The van der Waals surface area contributed by atoms with Crippen LogP contribution >= 0.6 is 0 Å². The largest absolute Gasteiger partial charge is 0.481 e. The number of hydrogen-bond acceptors (Lipinski definition) is 5. The molecule has 0 aromatic heterocycles. The molecule has 23 heavy (non-hydrogen) atoms. The molecule has 0 aromatic carbocycles. The Labute approximate surface area is 137 Å². The van der Waals surface area contributed by atoms with E-state index in [9.17, 15) is 19.5 Å². The summed E-state index contributed by atoms with van der Waals surface area (Å²) in [7, 11) is 0. The molecule has 0 saturated heterocycles. The van der Waals surface area contributed by atoms with E-state index in [1.165, 1.54) is 0 Å². The highest BCUT2D eigenvalue weighted by molar-refractivity contribution is 5.89. The van der Waals surface area contributed by atoms with Crippen molar-refractivity contribution >= 4 is 17.9 Å². The minimum atomic E-state index is -2.10. The molecule has 1 unspecified atom stereocenters. The van der Waals surface area contributed by atoms with E-state index in [4.69, 9.17) is 14.6 Å². The second-order valence-corrected chi connectivity index (χ2v) is 6.23. The van der Waals surface area contributed by atoms with E-state index in [1.54, 1.807) is 13.8 Å². The van der Waals surface area contributed by atoms with Crippen molar-refractivity contribution in [3.05, 3.63) is 0 Å². The first-order valence-electron chi connectivity index (χ1n) is 7.89. The highest BCUT2D eigenvalue weighted by atomic mass is 16.6. The maximum atomic E-state index is 12.1. The quantitative estimate of drug-likeness (QED) is 0.417. The van der Waals surface area contributed by atoms with Crippen LogP contribution in [0.15, 0.2) is 0 Å². The van der Waals surface area contributed by atoms with Crippen LogP contribution in [0.4, 0.5) is 0 Å². The Morgan fingerprint density at radius 3 is 2.04 bits per heavy atom. The van der Waals surface area contributed by atoms with Crippen molar-refractivity contribution in [2.24, 2.45) is 0 Å². The summed E-state index contributed by atoms with van der Waals surface area (Å²) in [5.74, 6) is -3.59. The number of rotatable bonds is 12. The van der Waals surface area contributed by atoms with E-state index in [0.717, 1.165) is 12.8 Å². The van der Waals surface area contributed by atoms with Gasteiger partial charge in [0.05, 0.1) is 12.8 Å². The van der Waals surface area contributed by atoms with Gasteiger partial charge in [0, 0.05) is 6.61 Å². The number of ether oxygens (including phenoxy) is 2. The monoisotopic (exact) mass is 332 g/mol. The summed E-state index contributed by atoms with van der Waals surface area (Å²) >= 11 is 0. The molecule has 1 atom stereocenters. The molecule has 0 aliphatic carbocycles. The van der Waals surface area contributed by atoms with Crippen LogP contribution in [0, 0.1) is 0 Å². The Balaban J connectivity index is 5.14. The second-order valence-electron chi connectivity index (χ2n) is 6.23. The maximum absolute atomic E-state index is 12.1. The highest BCUT2D eigenvalue weighted by Crippen LogP contribution is 2.26. The number of carbonyl (C=O) groups is 3. The zero-order valence-corrected chi connectivity index (χ0v) is 14.4. The fraction of sp³-hybridized carbons (Fsp3) is 0.812. The zero-order valence-electron chi connectivity index (χ0n) is 14.4. The lowest BCUT2D eigenvalue weighted by Crippen LogP contribution is -2.47. The van der Waals surface area contributed by atoms with Crippen molar-refractivity contribution in [2.75, 3.05) is 6.61 Å². The summed E-state index contributed by atoms with van der Waals surface area (Å²) in [5.41, 5.74) is -2.83. The fourth-order valence-corrected chi connectivity index (χ4v) is 2.26. The molecule has 7 nitrogen and oxygen atoms in total. The summed E-state index contributed by atoms with van der Waals surface area (Å²) in [5, 5.41) is 18.4. The van der Waals surface area contributed by atoms with Gasteiger partial charge in [-0.25, -0.2) is 4.79 Å². The van der Waals surface area contributed by atoms with Crippen LogP contribution in [-0.4, -0.2) is 45.9 Å². The number of carboxylic acids is 2. The van der Waals surface area contributed by atoms with Crippen molar-refractivity contribution in [2.45, 2.75) is 77.4 Å². The molecule has 0 aliphatic heterocycles. The molecule has 0 spiro atoms. The third-order valence-corrected chi connectivity index (χ3v) is 3.37. The maximum Gasteiger partial charge on any atom is 0.337 e. The van der Waals surface area contributed by atoms with E-state index in [1.807, 2.05) is 13.8 Å². The lowest BCUT2D eigenvalue weighted by Gasteiger charge is -2.30. The summed E-state index contributed by atoms with van der Waals surface area (Å²) in [6.45, 7) is 7.36. The van der Waals surface area contributed by atoms with Gasteiger partial charge < -0.3 is 19.7 Å². The van der Waals surface area contributed by atoms with Crippen LogP contribution in [0.3, 0.4) is 0 Å². The normalized spacial score (nSPS) is 14.1. The topological polar surface area (TPSA) is 110 Å². The standard InChI is InChI=1S/C16H28O7/c1-5-7-9-22-16(14(20)21,10-12(17)18)11-13(19)23-15(3,4)8-6-2/h5-11H2,1-4H3,(H,17,18)(H,20,21). The molecule has 0 aliphatic rings. The average Bonchev–Trinajstić information content (AvgIpc) is 2.36. The lowest BCUT2D eigenvalue weighted by atomic mass is 9.94. The molecule has 0 fully saturated rings. The molecule has 0 rings (SSSR count). The number of carbonyl (C=O) groups excluding carboxylic acids is 1. The first-order chi connectivity index (χ1) is 10.6. The van der Waals surface area contributed by atoms with Crippen molar-refractivity contribution in [3.8, 4) is 0 Å². The first kappa shape index (κ1) is 21.4. The second kappa shape index (κ2) is 9.50. The summed E-state index contributed by atoms with van der Waals surface area (Å²) < 4.78 is 10.6. The van der Waals surface area contributed by atoms with E-state index in [0.29, 0.717) is 12.8 Å². The van der Waals surface area contributed by atoms with Gasteiger partial charge in [-0.3, -0.25) is 9.59 Å². The summed E-state index contributed by atoms with van der Waals surface area (Å²) in [6.07, 6.45) is 1.32. The van der Waals surface area contributed by atoms with Crippen LogP contribution in [0.25, 0.3) is 0 Å². The molecule has 0 radical (unpaired) electrons. The van der Waals surface area contributed by atoms with Gasteiger partial charge in [0.1, 0.15) is 5.60 Å². The van der Waals surface area contributed by atoms with E-state index in [2.05, 4.69) is 0 Å². The smallest absolute Gasteiger partial charge is 0.337 e. The van der Waals surface area contributed by atoms with Crippen LogP contribution < -0.4 is 0 Å². The van der Waals surface area contributed by atoms with Crippen molar-refractivity contribution in [1.82, 2.24) is 0 Å². The summed E-state index contributed by atoms with van der Waals surface area (Å²) in [6, 6.07) is 0. The predicted molar refractivity (Wildman–Crippen MR) is 83.2 cm³/mol. The van der Waals surface area contributed by atoms with Gasteiger partial charge in [0.25, 0.3) is 0 Å². The number of carboxylic acid groups (broad SMARTS) is 2. The van der Waals surface area contributed by atoms with E-state index in [-0.39, 0.29) is 6.61 Å². The molecule has 2 N–H and O–H groups in total. The number of esters is 1. The molecule has 134 valence electrons. The van der Waals surface area contributed by atoms with Crippen LogP contribution in [-0.2, 0) is 23.9 Å². The van der Waals surface area contributed by atoms with E-state index < -0.39 is 42.0 Å². The molecule has 0 heterocycles. The first-order valence-corrected chi connectivity index (χ1v) is 7.89. The van der Waals surface area contributed by atoms with Gasteiger partial charge in [-0.05, 0) is 26.7 Å². The highest BCUT2D eigenvalue weighted by Gasteiger charge is 2.45. The Kier molecular flexibility index (Phi) is 8.82. The molecule has 0 bridgehead atoms. The van der Waals surface area contributed by atoms with E-state index >= 15 is 0 Å². The number of unbranched alkanes of at least 4 members (excludes halogenated alkanes) is 1. The van der Waals surface area contributed by atoms with Crippen molar-refractivity contribution < 1.29 is 34.1 Å². The third kappa shape index (κ3) is 7.97. The van der Waals surface area contributed by atoms with Gasteiger partial charge in [0.2, 0.25) is 0 Å². The Hall–Kier alpha value is -1.63. The minimum Gasteiger partial charge on any atom is -0.481 e. The SMILES string of the molecule is CCCCOC(CC(=O)O)(CC(=O)OC(C)(C)CCC)C(=O)O. The van der Waals surface area contributed by atoms with Crippen LogP contribution in [0.2, 0.25) is 0 Å². The average molecular weight is 332 g/mol. The molecule has 0 aromatic rings. The van der Waals surface area contributed by atoms with Crippen LogP contribution in [0.5, 0.6) is 0 Å². The zero-order chi connectivity index (χ0) is 18.1.